The smallest absolute Gasteiger partial charge is 0.125 e. The van der Waals surface area contributed by atoms with Gasteiger partial charge in [-0.15, -0.1) is 0 Å². The molecule has 2 aromatic heterocycles. The Kier molecular flexibility index (Phi) is 2.83. The van der Waals surface area contributed by atoms with Crippen LogP contribution in [0, 0.1) is 6.92 Å². The molecule has 0 saturated heterocycles. The standard InChI is InChI=1S/C12H14N2O/c1-9-6-10(8-14-7-9)12(13-2)11-4-3-5-15-11/h3-8,12-13H,1-2H3. The molecule has 0 radical (unpaired) electrons. The number of furan rings is 1. The third-order valence-corrected chi connectivity index (χ3v) is 2.35. The predicted octanol–water partition coefficient (Wildman–Crippen LogP) is 2.29. The van der Waals surface area contributed by atoms with Gasteiger partial charge in [0.25, 0.3) is 0 Å². The van der Waals surface area contributed by atoms with Crippen molar-refractivity contribution in [2.75, 3.05) is 7.05 Å². The maximum Gasteiger partial charge on any atom is 0.125 e. The van der Waals surface area contributed by atoms with E-state index in [0.29, 0.717) is 0 Å². The van der Waals surface area contributed by atoms with Crippen LogP contribution in [0.3, 0.4) is 0 Å². The van der Waals surface area contributed by atoms with Gasteiger partial charge in [-0.2, -0.15) is 0 Å². The fourth-order valence-corrected chi connectivity index (χ4v) is 1.66. The van der Waals surface area contributed by atoms with Gasteiger partial charge in [-0.1, -0.05) is 6.07 Å². The number of aromatic nitrogens is 1. The largest absolute Gasteiger partial charge is 0.467 e. The number of nitrogens with zero attached hydrogens (tertiary/aromatic N) is 1. The number of rotatable bonds is 3. The molecule has 78 valence electrons. The zero-order chi connectivity index (χ0) is 10.7. The molecule has 0 fully saturated rings. The minimum atomic E-state index is 0.0763. The Bertz CT molecular complexity index is 423. The molecule has 2 rings (SSSR count). The van der Waals surface area contributed by atoms with E-state index in [0.717, 1.165) is 16.9 Å². The lowest BCUT2D eigenvalue weighted by Gasteiger charge is -2.13. The van der Waals surface area contributed by atoms with E-state index in [2.05, 4.69) is 16.4 Å². The van der Waals surface area contributed by atoms with Crippen LogP contribution in [0.15, 0.2) is 41.3 Å². The molecule has 0 spiro atoms. The van der Waals surface area contributed by atoms with Gasteiger partial charge in [0, 0.05) is 12.4 Å². The first-order valence-corrected chi connectivity index (χ1v) is 4.93. The fraction of sp³-hybridized carbons (Fsp3) is 0.250. The third kappa shape index (κ3) is 2.07. The summed E-state index contributed by atoms with van der Waals surface area (Å²) in [7, 11) is 1.91. The lowest BCUT2D eigenvalue weighted by atomic mass is 10.1. The number of pyridine rings is 1. The molecule has 0 saturated carbocycles. The first-order chi connectivity index (χ1) is 7.31. The molecule has 3 heteroatoms. The van der Waals surface area contributed by atoms with Crippen molar-refractivity contribution in [1.82, 2.24) is 10.3 Å². The van der Waals surface area contributed by atoms with Gasteiger partial charge in [-0.05, 0) is 37.2 Å². The molecular formula is C12H14N2O. The molecule has 1 atom stereocenters. The molecule has 0 aromatic carbocycles. The first kappa shape index (κ1) is 9.93. The van der Waals surface area contributed by atoms with Crippen LogP contribution in [0.2, 0.25) is 0 Å². The van der Waals surface area contributed by atoms with Gasteiger partial charge in [0.2, 0.25) is 0 Å². The zero-order valence-electron chi connectivity index (χ0n) is 8.90. The van der Waals surface area contributed by atoms with Crippen LogP contribution in [-0.2, 0) is 0 Å². The second-order valence-corrected chi connectivity index (χ2v) is 3.53. The fourth-order valence-electron chi connectivity index (χ4n) is 1.66. The highest BCUT2D eigenvalue weighted by Gasteiger charge is 2.14. The number of hydrogen-bond donors (Lipinski definition) is 1. The Morgan fingerprint density at radius 2 is 2.27 bits per heavy atom. The maximum absolute atomic E-state index is 5.39. The molecule has 2 heterocycles. The Balaban J connectivity index is 2.35. The average molecular weight is 202 g/mol. The van der Waals surface area contributed by atoms with Crippen LogP contribution >= 0.6 is 0 Å². The molecule has 0 aliphatic rings. The van der Waals surface area contributed by atoms with E-state index in [1.807, 2.05) is 38.5 Å². The maximum atomic E-state index is 5.39. The van der Waals surface area contributed by atoms with Gasteiger partial charge < -0.3 is 9.73 Å². The second kappa shape index (κ2) is 4.28. The summed E-state index contributed by atoms with van der Waals surface area (Å²) in [6.07, 6.45) is 5.39. The van der Waals surface area contributed by atoms with E-state index >= 15 is 0 Å². The molecule has 2 aromatic rings. The lowest BCUT2D eigenvalue weighted by Crippen LogP contribution is -2.17. The summed E-state index contributed by atoms with van der Waals surface area (Å²) < 4.78 is 5.39. The van der Waals surface area contributed by atoms with Gasteiger partial charge in [0.15, 0.2) is 0 Å². The number of nitrogens with one attached hydrogen (secondary N) is 1. The van der Waals surface area contributed by atoms with E-state index in [4.69, 9.17) is 4.42 Å². The number of hydrogen-bond acceptors (Lipinski definition) is 3. The third-order valence-electron chi connectivity index (χ3n) is 2.35. The van der Waals surface area contributed by atoms with Crippen molar-refractivity contribution in [2.45, 2.75) is 13.0 Å². The molecule has 15 heavy (non-hydrogen) atoms. The van der Waals surface area contributed by atoms with Crippen molar-refractivity contribution >= 4 is 0 Å². The summed E-state index contributed by atoms with van der Waals surface area (Å²) >= 11 is 0. The normalized spacial score (nSPS) is 12.7. The van der Waals surface area contributed by atoms with Crippen LogP contribution in [-0.4, -0.2) is 12.0 Å². The average Bonchev–Trinajstić information content (AvgIpc) is 2.72. The van der Waals surface area contributed by atoms with Crippen LogP contribution < -0.4 is 5.32 Å². The van der Waals surface area contributed by atoms with Crippen LogP contribution in [0.4, 0.5) is 0 Å². The molecule has 0 bridgehead atoms. The van der Waals surface area contributed by atoms with E-state index in [1.165, 1.54) is 0 Å². The van der Waals surface area contributed by atoms with Crippen molar-refractivity contribution < 1.29 is 4.42 Å². The van der Waals surface area contributed by atoms with Crippen LogP contribution in [0.25, 0.3) is 0 Å². The van der Waals surface area contributed by atoms with Crippen LogP contribution in [0.5, 0.6) is 0 Å². The Labute approximate surface area is 89.1 Å². The van der Waals surface area contributed by atoms with Crippen molar-refractivity contribution in [3.05, 3.63) is 53.7 Å². The highest BCUT2D eigenvalue weighted by Crippen LogP contribution is 2.21. The van der Waals surface area contributed by atoms with Gasteiger partial charge in [-0.25, -0.2) is 0 Å². The minimum Gasteiger partial charge on any atom is -0.467 e. The Morgan fingerprint density at radius 3 is 2.87 bits per heavy atom. The molecule has 0 amide bonds. The number of aryl methyl sites for hydroxylation is 1. The van der Waals surface area contributed by atoms with Crippen molar-refractivity contribution in [3.8, 4) is 0 Å². The summed E-state index contributed by atoms with van der Waals surface area (Å²) in [4.78, 5) is 4.18. The van der Waals surface area contributed by atoms with E-state index in [9.17, 15) is 0 Å². The van der Waals surface area contributed by atoms with Gasteiger partial charge in [-0.3, -0.25) is 4.98 Å². The molecule has 3 nitrogen and oxygen atoms in total. The van der Waals surface area contributed by atoms with E-state index < -0.39 is 0 Å². The molecule has 1 N–H and O–H groups in total. The van der Waals surface area contributed by atoms with Crippen molar-refractivity contribution in [1.29, 1.82) is 0 Å². The SMILES string of the molecule is CNC(c1cncc(C)c1)c1ccco1. The highest BCUT2D eigenvalue weighted by molar-refractivity contribution is 5.26. The van der Waals surface area contributed by atoms with Gasteiger partial charge in [0.05, 0.1) is 12.3 Å². The summed E-state index contributed by atoms with van der Waals surface area (Å²) in [6.45, 7) is 2.03. The van der Waals surface area contributed by atoms with Crippen LogP contribution in [0.1, 0.15) is 22.9 Å². The van der Waals surface area contributed by atoms with Crippen molar-refractivity contribution in [3.63, 3.8) is 0 Å². The predicted molar refractivity (Wildman–Crippen MR) is 58.6 cm³/mol. The molecular weight excluding hydrogens is 188 g/mol. The first-order valence-electron chi connectivity index (χ1n) is 4.93. The molecule has 1 unspecified atom stereocenters. The van der Waals surface area contributed by atoms with Crippen molar-refractivity contribution in [2.24, 2.45) is 0 Å². The minimum absolute atomic E-state index is 0.0763. The topological polar surface area (TPSA) is 38.1 Å². The summed E-state index contributed by atoms with van der Waals surface area (Å²) in [5, 5.41) is 3.21. The molecule has 0 aliphatic carbocycles. The van der Waals surface area contributed by atoms with E-state index in [1.54, 1.807) is 6.26 Å². The van der Waals surface area contributed by atoms with Gasteiger partial charge in [0.1, 0.15) is 5.76 Å². The monoisotopic (exact) mass is 202 g/mol. The Morgan fingerprint density at radius 1 is 1.40 bits per heavy atom. The van der Waals surface area contributed by atoms with Gasteiger partial charge >= 0.3 is 0 Å². The summed E-state index contributed by atoms with van der Waals surface area (Å²) in [5.41, 5.74) is 2.27. The second-order valence-electron chi connectivity index (χ2n) is 3.53. The zero-order valence-corrected chi connectivity index (χ0v) is 8.90. The Hall–Kier alpha value is -1.61. The highest BCUT2D eigenvalue weighted by atomic mass is 16.3. The quantitative estimate of drug-likeness (QED) is 0.829. The summed E-state index contributed by atoms with van der Waals surface area (Å²) in [6, 6.07) is 6.04. The molecule has 0 aliphatic heterocycles. The summed E-state index contributed by atoms with van der Waals surface area (Å²) in [5.74, 6) is 0.907. The lowest BCUT2D eigenvalue weighted by molar-refractivity contribution is 0.463. The van der Waals surface area contributed by atoms with E-state index in [-0.39, 0.29) is 6.04 Å².